The highest BCUT2D eigenvalue weighted by Gasteiger charge is 2.37. The van der Waals surface area contributed by atoms with Crippen molar-refractivity contribution in [3.8, 4) is 5.82 Å². The highest BCUT2D eigenvalue weighted by Crippen LogP contribution is 2.27. The van der Waals surface area contributed by atoms with Crippen molar-refractivity contribution >= 4 is 11.5 Å². The molecule has 0 aliphatic rings. The van der Waals surface area contributed by atoms with E-state index in [1.54, 1.807) is 35.4 Å². The first kappa shape index (κ1) is 16.0. The molecule has 0 saturated heterocycles. The van der Waals surface area contributed by atoms with Crippen molar-refractivity contribution in [2.45, 2.75) is 12.7 Å². The third kappa shape index (κ3) is 3.06. The van der Waals surface area contributed by atoms with E-state index in [1.807, 2.05) is 6.07 Å². The zero-order valence-corrected chi connectivity index (χ0v) is 13.1. The van der Waals surface area contributed by atoms with Crippen LogP contribution in [0.3, 0.4) is 0 Å². The number of aromatic nitrogens is 7. The van der Waals surface area contributed by atoms with E-state index < -0.39 is 12.0 Å². The molecule has 0 fully saturated rings. The van der Waals surface area contributed by atoms with E-state index in [0.29, 0.717) is 16.9 Å². The fraction of sp³-hybridized carbons (Fsp3) is 0.133. The van der Waals surface area contributed by atoms with Crippen LogP contribution >= 0.6 is 0 Å². The molecule has 0 atom stereocenters. The van der Waals surface area contributed by atoms with Crippen LogP contribution in [-0.4, -0.2) is 34.6 Å². The molecule has 0 aromatic carbocycles. The number of halogens is 3. The molecule has 1 N–H and O–H groups in total. The lowest BCUT2D eigenvalue weighted by Crippen LogP contribution is -2.13. The van der Waals surface area contributed by atoms with E-state index in [2.05, 4.69) is 30.7 Å². The lowest BCUT2D eigenvalue weighted by molar-refractivity contribution is -0.146. The predicted molar refractivity (Wildman–Crippen MR) is 84.5 cm³/mol. The van der Waals surface area contributed by atoms with Crippen molar-refractivity contribution in [3.63, 3.8) is 0 Å². The molecule has 4 aromatic rings. The maximum absolute atomic E-state index is 12.9. The van der Waals surface area contributed by atoms with Crippen molar-refractivity contribution < 1.29 is 13.2 Å². The molecule has 0 aliphatic heterocycles. The fourth-order valence-electron chi connectivity index (χ4n) is 2.31. The maximum Gasteiger partial charge on any atom is 0.453 e. The van der Waals surface area contributed by atoms with Gasteiger partial charge in [-0.25, -0.2) is 9.67 Å². The average molecular weight is 360 g/mol. The molecule has 26 heavy (non-hydrogen) atoms. The maximum atomic E-state index is 12.9. The van der Waals surface area contributed by atoms with Gasteiger partial charge in [-0.3, -0.25) is 0 Å². The number of anilines is 1. The molecular formula is C15H11F3N8. The molecule has 132 valence electrons. The predicted octanol–water partition coefficient (Wildman–Crippen LogP) is 2.34. The summed E-state index contributed by atoms with van der Waals surface area (Å²) >= 11 is 0. The van der Waals surface area contributed by atoms with Crippen LogP contribution in [0, 0.1) is 0 Å². The molecule has 0 bridgehead atoms. The number of hydrogen-bond acceptors (Lipinski definition) is 6. The lowest BCUT2D eigenvalue weighted by Gasteiger charge is -2.08. The molecule has 8 nitrogen and oxygen atoms in total. The number of nitrogens with one attached hydrogen (secondary N) is 1. The first-order valence-electron chi connectivity index (χ1n) is 7.49. The molecule has 0 radical (unpaired) electrons. The van der Waals surface area contributed by atoms with Crippen molar-refractivity contribution in [1.82, 2.24) is 34.6 Å². The summed E-state index contributed by atoms with van der Waals surface area (Å²) in [6.45, 7) is 0.342. The van der Waals surface area contributed by atoms with Crippen molar-refractivity contribution in [1.29, 1.82) is 0 Å². The number of rotatable bonds is 4. The van der Waals surface area contributed by atoms with Crippen LogP contribution in [0.1, 0.15) is 11.4 Å². The van der Waals surface area contributed by atoms with Crippen LogP contribution in [0.4, 0.5) is 19.0 Å². The summed E-state index contributed by atoms with van der Waals surface area (Å²) in [5.41, 5.74) is 0.857. The normalized spacial score (nSPS) is 11.8. The quantitative estimate of drug-likeness (QED) is 0.601. The summed E-state index contributed by atoms with van der Waals surface area (Å²) in [4.78, 5) is 4.29. The smallest absolute Gasteiger partial charge is 0.364 e. The van der Waals surface area contributed by atoms with Gasteiger partial charge >= 0.3 is 6.18 Å². The summed E-state index contributed by atoms with van der Waals surface area (Å²) in [5.74, 6) is -0.238. The van der Waals surface area contributed by atoms with Crippen LogP contribution in [0.5, 0.6) is 0 Å². The van der Waals surface area contributed by atoms with E-state index in [-0.39, 0.29) is 11.5 Å². The Morgan fingerprint density at radius 3 is 2.65 bits per heavy atom. The van der Waals surface area contributed by atoms with Crippen LogP contribution in [0.2, 0.25) is 0 Å². The van der Waals surface area contributed by atoms with Gasteiger partial charge in [0.15, 0.2) is 11.5 Å². The molecule has 4 aromatic heterocycles. The summed E-state index contributed by atoms with van der Waals surface area (Å²) in [6.07, 6.45) is 0.454. The van der Waals surface area contributed by atoms with E-state index >= 15 is 0 Å². The lowest BCUT2D eigenvalue weighted by atomic mass is 10.3. The van der Waals surface area contributed by atoms with E-state index in [9.17, 15) is 13.2 Å². The highest BCUT2D eigenvalue weighted by molar-refractivity contribution is 5.44. The van der Waals surface area contributed by atoms with Gasteiger partial charge in [0, 0.05) is 25.1 Å². The average Bonchev–Trinajstić information content (AvgIpc) is 3.29. The van der Waals surface area contributed by atoms with Crippen molar-refractivity contribution in [3.05, 3.63) is 60.3 Å². The van der Waals surface area contributed by atoms with E-state index in [0.717, 1.165) is 5.56 Å². The number of fused-ring (bicyclic) bond motifs is 1. The summed E-state index contributed by atoms with van der Waals surface area (Å²) in [6, 6.07) is 8.38. The number of pyridine rings is 1. The first-order valence-corrected chi connectivity index (χ1v) is 7.49. The Balaban J connectivity index is 1.51. The number of alkyl halides is 3. The summed E-state index contributed by atoms with van der Waals surface area (Å²) < 4.78 is 41.0. The summed E-state index contributed by atoms with van der Waals surface area (Å²) in [5, 5.41) is 17.5. The third-order valence-electron chi connectivity index (χ3n) is 3.54. The molecule has 4 heterocycles. The zero-order chi connectivity index (χ0) is 18.1. The summed E-state index contributed by atoms with van der Waals surface area (Å²) in [7, 11) is 0. The van der Waals surface area contributed by atoms with Crippen molar-refractivity contribution in [2.24, 2.45) is 0 Å². The minimum atomic E-state index is -4.63. The Kier molecular flexibility index (Phi) is 3.75. The van der Waals surface area contributed by atoms with Gasteiger partial charge in [-0.2, -0.15) is 22.8 Å². The second-order valence-electron chi connectivity index (χ2n) is 5.34. The van der Waals surface area contributed by atoms with Crippen LogP contribution in [0.15, 0.2) is 48.9 Å². The van der Waals surface area contributed by atoms with Gasteiger partial charge < -0.3 is 5.32 Å². The van der Waals surface area contributed by atoms with Gasteiger partial charge in [0.2, 0.25) is 0 Å². The monoisotopic (exact) mass is 360 g/mol. The van der Waals surface area contributed by atoms with Gasteiger partial charge in [-0.05, 0) is 29.8 Å². The minimum Gasteiger partial charge on any atom is -0.364 e. The minimum absolute atomic E-state index is 0.0214. The molecule has 11 heteroatoms. The van der Waals surface area contributed by atoms with Gasteiger partial charge in [0.25, 0.3) is 5.82 Å². The second-order valence-corrected chi connectivity index (χ2v) is 5.34. The standard InChI is InChI=1S/C15H11F3N8/c16-15(17,18)14-23-22-13-5-3-11(24-26(13)14)19-8-10-2-4-12(20-9-10)25-7-1-6-21-25/h1-7,9H,8H2,(H,19,24). The van der Waals surface area contributed by atoms with Gasteiger partial charge in [0.1, 0.15) is 5.82 Å². The largest absolute Gasteiger partial charge is 0.453 e. The Labute approximate surface area is 144 Å². The second kappa shape index (κ2) is 6.10. The molecule has 0 unspecified atom stereocenters. The number of nitrogens with zero attached hydrogens (tertiary/aromatic N) is 7. The first-order chi connectivity index (χ1) is 12.5. The van der Waals surface area contributed by atoms with E-state index in [1.165, 1.54) is 12.1 Å². The Bertz CT molecular complexity index is 1020. The van der Waals surface area contributed by atoms with Crippen LogP contribution in [-0.2, 0) is 12.7 Å². The Morgan fingerprint density at radius 1 is 1.08 bits per heavy atom. The molecule has 0 saturated carbocycles. The Hall–Kier alpha value is -3.50. The fourth-order valence-corrected chi connectivity index (χ4v) is 2.31. The van der Waals surface area contributed by atoms with Gasteiger partial charge in [-0.1, -0.05) is 6.07 Å². The zero-order valence-electron chi connectivity index (χ0n) is 13.1. The molecule has 4 rings (SSSR count). The van der Waals surface area contributed by atoms with E-state index in [4.69, 9.17) is 0 Å². The molecular weight excluding hydrogens is 349 g/mol. The number of hydrogen-bond donors (Lipinski definition) is 1. The third-order valence-corrected chi connectivity index (χ3v) is 3.54. The molecule has 0 aliphatic carbocycles. The molecule has 0 spiro atoms. The van der Waals surface area contributed by atoms with Crippen LogP contribution < -0.4 is 5.32 Å². The SMILES string of the molecule is FC(F)(F)c1nnc2ccc(NCc3ccc(-n4cccn4)nc3)nn12. The molecule has 0 amide bonds. The highest BCUT2D eigenvalue weighted by atomic mass is 19.4. The van der Waals surface area contributed by atoms with Gasteiger partial charge in [-0.15, -0.1) is 15.3 Å². The Morgan fingerprint density at radius 2 is 1.96 bits per heavy atom. The van der Waals surface area contributed by atoms with Gasteiger partial charge in [0.05, 0.1) is 0 Å². The van der Waals surface area contributed by atoms with Crippen LogP contribution in [0.25, 0.3) is 11.5 Å². The topological polar surface area (TPSA) is 85.8 Å². The van der Waals surface area contributed by atoms with Crippen molar-refractivity contribution in [2.75, 3.05) is 5.32 Å².